The Balaban J connectivity index is 1.76. The zero-order valence-corrected chi connectivity index (χ0v) is 13.9. The number of fused-ring (bicyclic) bond motifs is 1. The zero-order chi connectivity index (χ0) is 15.9. The Morgan fingerprint density at radius 3 is 2.91 bits per heavy atom. The summed E-state index contributed by atoms with van der Waals surface area (Å²) in [6, 6.07) is 0.0614. The van der Waals surface area contributed by atoms with Crippen LogP contribution in [0.2, 0.25) is 5.02 Å². The van der Waals surface area contributed by atoms with Gasteiger partial charge in [0.1, 0.15) is 0 Å². The number of aromatic nitrogens is 2. The largest absolute Gasteiger partial charge is 0.481 e. The normalized spacial score (nSPS) is 30.2. The number of carboxylic acid groups (broad SMARTS) is 1. The number of aryl methyl sites for hydroxylation is 1. The lowest BCUT2D eigenvalue weighted by atomic mass is 9.68. The van der Waals surface area contributed by atoms with Crippen LogP contribution in [0, 0.1) is 12.3 Å². The fourth-order valence-corrected chi connectivity index (χ4v) is 4.11. The molecule has 0 bridgehead atoms. The quantitative estimate of drug-likeness (QED) is 0.885. The molecule has 22 heavy (non-hydrogen) atoms. The molecule has 0 aromatic carbocycles. The van der Waals surface area contributed by atoms with Gasteiger partial charge in [0, 0.05) is 19.1 Å². The van der Waals surface area contributed by atoms with Crippen LogP contribution in [-0.2, 0) is 11.3 Å². The highest BCUT2D eigenvalue weighted by molar-refractivity contribution is 6.31. The number of halogens is 1. The average molecular weight is 327 g/mol. The molecule has 3 heterocycles. The summed E-state index contributed by atoms with van der Waals surface area (Å²) in [5.41, 5.74) is 1.14. The molecule has 0 saturated carbocycles. The van der Waals surface area contributed by atoms with Crippen molar-refractivity contribution < 1.29 is 9.90 Å². The number of rotatable bonds is 3. The number of likely N-dealkylation sites (tertiary alicyclic amines) is 2. The van der Waals surface area contributed by atoms with E-state index in [0.29, 0.717) is 18.0 Å². The smallest absolute Gasteiger partial charge is 0.311 e. The number of hydrogen-bond acceptors (Lipinski definition) is 4. The van der Waals surface area contributed by atoms with Crippen LogP contribution in [0.1, 0.15) is 30.7 Å². The third-order valence-electron chi connectivity index (χ3n) is 5.35. The van der Waals surface area contributed by atoms with Gasteiger partial charge in [-0.2, -0.15) is 5.10 Å². The molecule has 122 valence electrons. The number of carboxylic acids is 1. The van der Waals surface area contributed by atoms with E-state index in [1.54, 1.807) is 0 Å². The molecule has 2 aliphatic rings. The van der Waals surface area contributed by atoms with Gasteiger partial charge in [0.05, 0.1) is 21.8 Å². The summed E-state index contributed by atoms with van der Waals surface area (Å²) in [6.07, 6.45) is 2.44. The van der Waals surface area contributed by atoms with Crippen LogP contribution in [0.3, 0.4) is 0 Å². The highest BCUT2D eigenvalue weighted by Crippen LogP contribution is 2.42. The molecule has 6 nitrogen and oxygen atoms in total. The van der Waals surface area contributed by atoms with Crippen LogP contribution in [0.15, 0.2) is 0 Å². The van der Waals surface area contributed by atoms with Gasteiger partial charge in [-0.25, -0.2) is 0 Å². The van der Waals surface area contributed by atoms with E-state index >= 15 is 0 Å². The molecule has 0 unspecified atom stereocenters. The molecule has 0 aliphatic carbocycles. The molecule has 2 saturated heterocycles. The SMILES string of the molecule is Cc1[nH]nc(CN2CC[C@@]3(C(=O)O)CCCN(C)[C@@H]3C2)c1Cl. The van der Waals surface area contributed by atoms with E-state index in [-0.39, 0.29) is 6.04 Å². The second-order valence-electron chi connectivity index (χ2n) is 6.66. The van der Waals surface area contributed by atoms with Gasteiger partial charge in [-0.15, -0.1) is 0 Å². The van der Waals surface area contributed by atoms with Crippen molar-refractivity contribution in [1.29, 1.82) is 0 Å². The summed E-state index contributed by atoms with van der Waals surface area (Å²) in [5.74, 6) is -0.641. The fourth-order valence-electron chi connectivity index (χ4n) is 3.97. The standard InChI is InChI=1S/C15H23ClN4O2/c1-10-13(16)11(18-17-10)8-20-7-5-15(14(21)22)4-3-6-19(2)12(15)9-20/h12H,3-9H2,1-2H3,(H,17,18)(H,21,22)/t12-,15+/m1/s1. The molecule has 1 aromatic rings. The van der Waals surface area contributed by atoms with Crippen molar-refractivity contribution in [2.24, 2.45) is 5.41 Å². The van der Waals surface area contributed by atoms with Gasteiger partial charge in [-0.1, -0.05) is 11.6 Å². The van der Waals surface area contributed by atoms with Crippen molar-refractivity contribution >= 4 is 17.6 Å². The minimum Gasteiger partial charge on any atom is -0.481 e. The molecule has 3 rings (SSSR count). The molecule has 7 heteroatoms. The third-order valence-corrected chi connectivity index (χ3v) is 5.85. The number of nitrogens with zero attached hydrogens (tertiary/aromatic N) is 3. The molecular formula is C15H23ClN4O2. The number of H-pyrrole nitrogens is 1. The highest BCUT2D eigenvalue weighted by atomic mass is 35.5. The third kappa shape index (κ3) is 2.53. The summed E-state index contributed by atoms with van der Waals surface area (Å²) < 4.78 is 0. The molecule has 2 N–H and O–H groups in total. The minimum atomic E-state index is -0.641. The first-order valence-electron chi connectivity index (χ1n) is 7.79. The van der Waals surface area contributed by atoms with Gasteiger partial charge in [0.2, 0.25) is 0 Å². The lowest BCUT2D eigenvalue weighted by Gasteiger charge is -2.51. The molecule has 0 amide bonds. The Kier molecular flexibility index (Phi) is 4.18. The predicted molar refractivity (Wildman–Crippen MR) is 83.9 cm³/mol. The maximum Gasteiger partial charge on any atom is 0.311 e. The van der Waals surface area contributed by atoms with E-state index in [1.165, 1.54) is 0 Å². The van der Waals surface area contributed by atoms with E-state index in [4.69, 9.17) is 11.6 Å². The lowest BCUT2D eigenvalue weighted by Crippen LogP contribution is -2.62. The van der Waals surface area contributed by atoms with Crippen LogP contribution in [0.4, 0.5) is 0 Å². The summed E-state index contributed by atoms with van der Waals surface area (Å²) >= 11 is 6.25. The number of piperidine rings is 2. The number of carbonyl (C=O) groups is 1. The Hall–Kier alpha value is -1.11. The highest BCUT2D eigenvalue weighted by Gasteiger charge is 2.52. The van der Waals surface area contributed by atoms with Gasteiger partial charge in [0.15, 0.2) is 0 Å². The molecule has 2 aliphatic heterocycles. The van der Waals surface area contributed by atoms with Crippen LogP contribution in [-0.4, -0.2) is 63.8 Å². The fraction of sp³-hybridized carbons (Fsp3) is 0.733. The lowest BCUT2D eigenvalue weighted by molar-refractivity contribution is -0.162. The maximum absolute atomic E-state index is 11.9. The molecule has 2 fully saturated rings. The van der Waals surface area contributed by atoms with Crippen molar-refractivity contribution in [3.63, 3.8) is 0 Å². The van der Waals surface area contributed by atoms with E-state index < -0.39 is 11.4 Å². The summed E-state index contributed by atoms with van der Waals surface area (Å²) in [4.78, 5) is 16.4. The van der Waals surface area contributed by atoms with Gasteiger partial charge in [-0.05, 0) is 46.3 Å². The average Bonchev–Trinajstić information content (AvgIpc) is 2.80. The topological polar surface area (TPSA) is 72.5 Å². The van der Waals surface area contributed by atoms with Gasteiger partial charge in [-0.3, -0.25) is 14.8 Å². The maximum atomic E-state index is 11.9. The monoisotopic (exact) mass is 326 g/mol. The Labute approximate surface area is 135 Å². The number of aliphatic carboxylic acids is 1. The van der Waals surface area contributed by atoms with Crippen molar-refractivity contribution in [3.8, 4) is 0 Å². The minimum absolute atomic E-state index is 0.0614. The summed E-state index contributed by atoms with van der Waals surface area (Å²) in [6.45, 7) is 5.07. The van der Waals surface area contributed by atoms with E-state index in [1.807, 2.05) is 14.0 Å². The van der Waals surface area contributed by atoms with Crippen LogP contribution in [0.5, 0.6) is 0 Å². The number of hydrogen-bond donors (Lipinski definition) is 2. The van der Waals surface area contributed by atoms with Crippen molar-refractivity contribution in [2.75, 3.05) is 26.7 Å². The van der Waals surface area contributed by atoms with E-state index in [9.17, 15) is 9.90 Å². The van der Waals surface area contributed by atoms with Crippen LogP contribution in [0.25, 0.3) is 0 Å². The predicted octanol–water partition coefficient (Wildman–Crippen LogP) is 1.74. The number of nitrogens with one attached hydrogen (secondary N) is 1. The van der Waals surface area contributed by atoms with Gasteiger partial charge < -0.3 is 10.0 Å². The van der Waals surface area contributed by atoms with Crippen molar-refractivity contribution in [1.82, 2.24) is 20.0 Å². The van der Waals surface area contributed by atoms with E-state index in [2.05, 4.69) is 20.0 Å². The van der Waals surface area contributed by atoms with Crippen LogP contribution < -0.4 is 0 Å². The zero-order valence-electron chi connectivity index (χ0n) is 13.1. The molecule has 2 atom stereocenters. The first-order chi connectivity index (χ1) is 10.4. The molecule has 0 spiro atoms. The number of aromatic amines is 1. The Morgan fingerprint density at radius 2 is 2.27 bits per heavy atom. The van der Waals surface area contributed by atoms with Crippen molar-refractivity contribution in [2.45, 2.75) is 38.8 Å². The van der Waals surface area contributed by atoms with Crippen molar-refractivity contribution in [3.05, 3.63) is 16.4 Å². The first-order valence-corrected chi connectivity index (χ1v) is 8.17. The first kappa shape index (κ1) is 15.8. The number of likely N-dealkylation sites (N-methyl/N-ethyl adjacent to an activating group) is 1. The second-order valence-corrected chi connectivity index (χ2v) is 7.03. The molecular weight excluding hydrogens is 304 g/mol. The van der Waals surface area contributed by atoms with Gasteiger partial charge >= 0.3 is 5.97 Å². The second kappa shape index (κ2) is 5.83. The Morgan fingerprint density at radius 1 is 1.50 bits per heavy atom. The molecule has 0 radical (unpaired) electrons. The summed E-state index contributed by atoms with van der Waals surface area (Å²) in [7, 11) is 2.04. The Bertz CT molecular complexity index is 576. The van der Waals surface area contributed by atoms with Crippen LogP contribution >= 0.6 is 11.6 Å². The van der Waals surface area contributed by atoms with Gasteiger partial charge in [0.25, 0.3) is 0 Å². The summed E-state index contributed by atoms with van der Waals surface area (Å²) in [5, 5.41) is 17.6. The molecule has 1 aromatic heterocycles. The van der Waals surface area contributed by atoms with E-state index in [0.717, 1.165) is 43.9 Å².